The molecule has 1 N–H and O–H groups in total. The number of fused-ring (bicyclic) bond motifs is 1. The Bertz CT molecular complexity index is 1390. The number of hydrogen-bond acceptors (Lipinski definition) is 5. The minimum absolute atomic E-state index is 0.225. The van der Waals surface area contributed by atoms with Gasteiger partial charge in [0.25, 0.3) is 0 Å². The molecule has 3 heterocycles. The number of nitrogens with one attached hydrogen (secondary N) is 1. The second-order valence-electron chi connectivity index (χ2n) is 8.60. The van der Waals surface area contributed by atoms with Gasteiger partial charge in [-0.2, -0.15) is 9.67 Å². The van der Waals surface area contributed by atoms with Gasteiger partial charge in [-0.25, -0.2) is 9.67 Å². The zero-order valence-corrected chi connectivity index (χ0v) is 20.6. The number of carboxylic acids is 1. The molecule has 36 heavy (non-hydrogen) atoms. The number of carbonyl (C=O) groups excluding carboxylic acids is 1. The maximum atomic E-state index is 8.89. The van der Waals surface area contributed by atoms with Gasteiger partial charge in [0, 0.05) is 42.3 Å². The summed E-state index contributed by atoms with van der Waals surface area (Å²) in [6.07, 6.45) is 6.09. The molecule has 4 aromatic rings. The van der Waals surface area contributed by atoms with Crippen molar-refractivity contribution in [2.24, 2.45) is 4.99 Å². The quantitative estimate of drug-likeness (QED) is 0.421. The SMILES string of the molecule is CC(=O)[O-].CC(C)n1ncc(N=C2C=C(c3ccccc3)[n+]3ccccc32)c1NCc1ccccc1. The highest BCUT2D eigenvalue weighted by atomic mass is 16.4. The minimum atomic E-state index is -1.08. The number of nitrogens with zero attached hydrogens (tertiary/aromatic N) is 4. The van der Waals surface area contributed by atoms with Crippen LogP contribution >= 0.6 is 0 Å². The molecule has 0 radical (unpaired) electrons. The van der Waals surface area contributed by atoms with Gasteiger partial charge in [-0.05, 0) is 44.5 Å². The minimum Gasteiger partial charge on any atom is -0.550 e. The standard InChI is InChI=1S/C27H25N5.C2H4O2/c1-20(2)32-27(28-18-21-11-5-3-6-12-21)24(19-29-32)30-23-17-26(22-13-7-4-8-14-22)31-16-10-9-15-25(23)31;1-2(3)4/h3-17,19-20H,18H2,1-2H3;1H3,(H,3,4). The number of benzene rings is 2. The van der Waals surface area contributed by atoms with E-state index in [0.29, 0.717) is 6.54 Å². The highest BCUT2D eigenvalue weighted by Crippen LogP contribution is 2.30. The van der Waals surface area contributed by atoms with Crippen LogP contribution < -0.4 is 15.0 Å². The molecule has 0 saturated heterocycles. The fourth-order valence-electron chi connectivity index (χ4n) is 3.97. The summed E-state index contributed by atoms with van der Waals surface area (Å²) >= 11 is 0. The molecule has 5 rings (SSSR count). The first-order chi connectivity index (χ1) is 17.4. The van der Waals surface area contributed by atoms with Gasteiger partial charge >= 0.3 is 0 Å². The van der Waals surface area contributed by atoms with Crippen molar-refractivity contribution in [2.45, 2.75) is 33.4 Å². The molecule has 0 fully saturated rings. The molecule has 7 nitrogen and oxygen atoms in total. The maximum absolute atomic E-state index is 8.89. The van der Waals surface area contributed by atoms with E-state index >= 15 is 0 Å². The van der Waals surface area contributed by atoms with Crippen LogP contribution in [0.3, 0.4) is 0 Å². The summed E-state index contributed by atoms with van der Waals surface area (Å²) in [6.45, 7) is 5.95. The number of aromatic nitrogens is 3. The third-order valence-electron chi connectivity index (χ3n) is 5.53. The molecule has 0 bridgehead atoms. The van der Waals surface area contributed by atoms with Crippen LogP contribution in [-0.2, 0) is 11.3 Å². The fraction of sp³-hybridized carbons (Fsp3) is 0.172. The first-order valence-corrected chi connectivity index (χ1v) is 11.8. The number of aliphatic imine (C=N–C) groups is 1. The highest BCUT2D eigenvalue weighted by molar-refractivity contribution is 6.13. The molecule has 0 atom stereocenters. The Balaban J connectivity index is 0.000000709. The molecule has 1 aliphatic heterocycles. The predicted molar refractivity (Wildman–Crippen MR) is 140 cm³/mol. The van der Waals surface area contributed by atoms with Gasteiger partial charge in [-0.3, -0.25) is 0 Å². The molecular formula is C29H29N5O2. The zero-order chi connectivity index (χ0) is 25.5. The molecule has 0 amide bonds. The van der Waals surface area contributed by atoms with Gasteiger partial charge in [0.2, 0.25) is 11.4 Å². The maximum Gasteiger partial charge on any atom is 0.237 e. The van der Waals surface area contributed by atoms with Crippen LogP contribution in [0.1, 0.15) is 43.6 Å². The lowest BCUT2D eigenvalue weighted by molar-refractivity contribution is -0.577. The molecule has 2 aromatic carbocycles. The van der Waals surface area contributed by atoms with Crippen molar-refractivity contribution >= 4 is 28.9 Å². The molecule has 1 aliphatic rings. The molecule has 182 valence electrons. The van der Waals surface area contributed by atoms with Crippen LogP contribution in [0.15, 0.2) is 102 Å². The van der Waals surface area contributed by atoms with E-state index in [2.05, 4.69) is 102 Å². The van der Waals surface area contributed by atoms with Crippen LogP contribution in [0.5, 0.6) is 0 Å². The number of hydrogen-bond donors (Lipinski definition) is 1. The first-order valence-electron chi connectivity index (χ1n) is 11.8. The highest BCUT2D eigenvalue weighted by Gasteiger charge is 2.29. The zero-order valence-electron chi connectivity index (χ0n) is 20.6. The Hall–Kier alpha value is -4.52. The molecular weight excluding hydrogens is 450 g/mol. The monoisotopic (exact) mass is 479 g/mol. The second-order valence-corrected chi connectivity index (χ2v) is 8.60. The van der Waals surface area contributed by atoms with Gasteiger partial charge in [0.1, 0.15) is 11.4 Å². The van der Waals surface area contributed by atoms with E-state index in [1.807, 2.05) is 29.1 Å². The number of carbonyl (C=O) groups is 1. The lowest BCUT2D eigenvalue weighted by atomic mass is 10.1. The van der Waals surface area contributed by atoms with Gasteiger partial charge < -0.3 is 15.2 Å². The van der Waals surface area contributed by atoms with E-state index in [1.54, 1.807) is 0 Å². The van der Waals surface area contributed by atoms with Gasteiger partial charge in [-0.15, -0.1) is 0 Å². The lowest BCUT2D eigenvalue weighted by Crippen LogP contribution is -2.34. The summed E-state index contributed by atoms with van der Waals surface area (Å²) in [4.78, 5) is 14.0. The topological polar surface area (TPSA) is 86.2 Å². The van der Waals surface area contributed by atoms with Crippen LogP contribution in [0, 0.1) is 0 Å². The Morgan fingerprint density at radius 1 is 1.03 bits per heavy atom. The van der Waals surface area contributed by atoms with Crippen molar-refractivity contribution in [1.82, 2.24) is 9.78 Å². The average Bonchev–Trinajstić information content (AvgIpc) is 3.45. The lowest BCUT2D eigenvalue weighted by Gasteiger charge is -2.13. The fourth-order valence-corrected chi connectivity index (χ4v) is 3.97. The largest absolute Gasteiger partial charge is 0.550 e. The molecule has 7 heteroatoms. The smallest absolute Gasteiger partial charge is 0.237 e. The van der Waals surface area contributed by atoms with Crippen molar-refractivity contribution in [3.63, 3.8) is 0 Å². The van der Waals surface area contributed by atoms with Crippen molar-refractivity contribution < 1.29 is 14.5 Å². The summed E-state index contributed by atoms with van der Waals surface area (Å²) in [7, 11) is 0. The summed E-state index contributed by atoms with van der Waals surface area (Å²) in [5.74, 6) is -0.152. The first kappa shape index (κ1) is 24.6. The van der Waals surface area contributed by atoms with Crippen molar-refractivity contribution in [2.75, 3.05) is 5.32 Å². The van der Waals surface area contributed by atoms with Crippen molar-refractivity contribution in [3.8, 4) is 0 Å². The van der Waals surface area contributed by atoms with E-state index in [-0.39, 0.29) is 6.04 Å². The van der Waals surface area contributed by atoms with Crippen LogP contribution in [0.2, 0.25) is 0 Å². The van der Waals surface area contributed by atoms with E-state index in [9.17, 15) is 0 Å². The Labute approximate surface area is 211 Å². The van der Waals surface area contributed by atoms with Gasteiger partial charge in [0.15, 0.2) is 12.0 Å². The van der Waals surface area contributed by atoms with E-state index in [0.717, 1.165) is 41.1 Å². The van der Waals surface area contributed by atoms with Gasteiger partial charge in [0.05, 0.1) is 6.20 Å². The number of rotatable bonds is 6. The number of aliphatic carboxylic acids is 1. The van der Waals surface area contributed by atoms with E-state index in [4.69, 9.17) is 14.9 Å². The summed E-state index contributed by atoms with van der Waals surface area (Å²) in [5.41, 5.74) is 6.33. The number of anilines is 1. The molecule has 0 unspecified atom stereocenters. The van der Waals surface area contributed by atoms with E-state index in [1.165, 1.54) is 5.56 Å². The van der Waals surface area contributed by atoms with Crippen molar-refractivity contribution in [3.05, 3.63) is 114 Å². The molecule has 0 saturated carbocycles. The predicted octanol–water partition coefficient (Wildman–Crippen LogP) is 4.14. The van der Waals surface area contributed by atoms with Crippen LogP contribution in [0.4, 0.5) is 11.5 Å². The van der Waals surface area contributed by atoms with Crippen LogP contribution in [-0.4, -0.2) is 21.5 Å². The average molecular weight is 480 g/mol. The van der Waals surface area contributed by atoms with E-state index < -0.39 is 5.97 Å². The Morgan fingerprint density at radius 3 is 2.33 bits per heavy atom. The summed E-state index contributed by atoms with van der Waals surface area (Å²) in [5, 5.41) is 17.1. The number of carboxylic acid groups (broad SMARTS) is 1. The van der Waals surface area contributed by atoms with Gasteiger partial charge in [-0.1, -0.05) is 48.5 Å². The molecule has 0 spiro atoms. The normalized spacial score (nSPS) is 13.1. The second kappa shape index (κ2) is 11.3. The summed E-state index contributed by atoms with van der Waals surface area (Å²) < 4.78 is 4.19. The third-order valence-corrected chi connectivity index (χ3v) is 5.53. The van der Waals surface area contributed by atoms with Crippen LogP contribution in [0.25, 0.3) is 5.70 Å². The number of allylic oxidation sites excluding steroid dienone is 1. The summed E-state index contributed by atoms with van der Waals surface area (Å²) in [6, 6.07) is 27.2. The van der Waals surface area contributed by atoms with Crippen molar-refractivity contribution in [1.29, 1.82) is 0 Å². The molecule has 2 aromatic heterocycles. The third kappa shape index (κ3) is 5.75. The Morgan fingerprint density at radius 2 is 1.67 bits per heavy atom. The molecule has 0 aliphatic carbocycles. The number of pyridine rings is 1. The Kier molecular flexibility index (Phi) is 7.70.